The van der Waals surface area contributed by atoms with Crippen LogP contribution in [0.5, 0.6) is 0 Å². The molecule has 2 nitrogen and oxygen atoms in total. The highest BCUT2D eigenvalue weighted by Crippen LogP contribution is 2.30. The molecule has 0 saturated carbocycles. The van der Waals surface area contributed by atoms with E-state index in [-0.39, 0.29) is 11.4 Å². The third-order valence-corrected chi connectivity index (χ3v) is 3.58. The molecule has 23 heavy (non-hydrogen) atoms. The fraction of sp³-hybridized carbons (Fsp3) is 0.476. The lowest BCUT2D eigenvalue weighted by Crippen LogP contribution is -2.09. The smallest absolute Gasteiger partial charge is 0.330 e. The summed E-state index contributed by atoms with van der Waals surface area (Å²) in [5, 5.41) is 0. The Kier molecular flexibility index (Phi) is 9.24. The fourth-order valence-corrected chi connectivity index (χ4v) is 2.14. The van der Waals surface area contributed by atoms with Gasteiger partial charge in [-0.3, -0.25) is 0 Å². The summed E-state index contributed by atoms with van der Waals surface area (Å²) in [6, 6.07) is 0. The number of hydrogen-bond donors (Lipinski definition) is 0. The minimum absolute atomic E-state index is 0.145. The predicted molar refractivity (Wildman–Crippen MR) is 100 cm³/mol. The lowest BCUT2D eigenvalue weighted by atomic mass is 9.82. The van der Waals surface area contributed by atoms with Gasteiger partial charge in [0.15, 0.2) is 0 Å². The van der Waals surface area contributed by atoms with Crippen LogP contribution >= 0.6 is 0 Å². The Morgan fingerprint density at radius 2 is 1.61 bits per heavy atom. The third-order valence-electron chi connectivity index (χ3n) is 3.58. The van der Waals surface area contributed by atoms with Crippen LogP contribution in [-0.4, -0.2) is 13.1 Å². The minimum Gasteiger partial charge on any atom is -0.466 e. The number of carbonyl (C=O) groups is 1. The van der Waals surface area contributed by atoms with E-state index in [1.807, 2.05) is 25.2 Å². The molecule has 0 aliphatic rings. The van der Waals surface area contributed by atoms with Crippen molar-refractivity contribution in [3.8, 4) is 0 Å². The van der Waals surface area contributed by atoms with Gasteiger partial charge in [0.1, 0.15) is 0 Å². The first-order valence-electron chi connectivity index (χ1n) is 8.11. The Morgan fingerprint density at radius 1 is 1.00 bits per heavy atom. The van der Waals surface area contributed by atoms with Gasteiger partial charge < -0.3 is 4.74 Å². The summed E-state index contributed by atoms with van der Waals surface area (Å²) < 4.78 is 4.60. The molecule has 0 aliphatic carbocycles. The van der Waals surface area contributed by atoms with E-state index in [0.29, 0.717) is 0 Å². The van der Waals surface area contributed by atoms with Crippen molar-refractivity contribution in [2.24, 2.45) is 5.41 Å². The molecule has 0 radical (unpaired) electrons. The van der Waals surface area contributed by atoms with Crippen LogP contribution in [0.4, 0.5) is 0 Å². The first kappa shape index (κ1) is 21.2. The highest BCUT2D eigenvalue weighted by molar-refractivity contribution is 5.83. The maximum atomic E-state index is 11.1. The van der Waals surface area contributed by atoms with E-state index in [9.17, 15) is 4.79 Å². The molecule has 2 heteroatoms. The standard InChI is InChI=1S/C21H32O2/c1-9-18(4)19(21(5,6)7)14-13-16(2)11-10-12-17(3)15-20(22)23-8/h10-15H,9H2,1-8H3/b12-10+,14-13+,16-11+,17-15+,19-18-. The van der Waals surface area contributed by atoms with Gasteiger partial charge in [0.2, 0.25) is 0 Å². The van der Waals surface area contributed by atoms with Crippen molar-refractivity contribution >= 4 is 5.97 Å². The molecule has 0 spiro atoms. The molecule has 0 rings (SSSR count). The molecule has 0 aromatic carbocycles. The number of ether oxygens (including phenoxy) is 1. The highest BCUT2D eigenvalue weighted by Gasteiger charge is 2.16. The first-order chi connectivity index (χ1) is 10.6. The zero-order valence-corrected chi connectivity index (χ0v) is 16.0. The Balaban J connectivity index is 5.09. The first-order valence-corrected chi connectivity index (χ1v) is 8.11. The van der Waals surface area contributed by atoms with Gasteiger partial charge in [-0.15, -0.1) is 0 Å². The Morgan fingerprint density at radius 3 is 2.09 bits per heavy atom. The lowest BCUT2D eigenvalue weighted by molar-refractivity contribution is -0.134. The lowest BCUT2D eigenvalue weighted by Gasteiger charge is -2.23. The topological polar surface area (TPSA) is 26.3 Å². The molecule has 0 unspecified atom stereocenters. The van der Waals surface area contributed by atoms with Crippen LogP contribution < -0.4 is 0 Å². The van der Waals surface area contributed by atoms with Gasteiger partial charge in [-0.05, 0) is 43.8 Å². The van der Waals surface area contributed by atoms with Crippen molar-refractivity contribution in [2.45, 2.75) is 54.9 Å². The summed E-state index contributed by atoms with van der Waals surface area (Å²) in [6.07, 6.45) is 12.8. The van der Waals surface area contributed by atoms with Crippen LogP contribution in [0.15, 0.2) is 58.7 Å². The van der Waals surface area contributed by atoms with Crippen molar-refractivity contribution in [3.63, 3.8) is 0 Å². The van der Waals surface area contributed by atoms with Gasteiger partial charge in [0.05, 0.1) is 7.11 Å². The number of hydrogen-bond acceptors (Lipinski definition) is 2. The Bertz CT molecular complexity index is 547. The van der Waals surface area contributed by atoms with Crippen LogP contribution in [0.1, 0.15) is 54.9 Å². The van der Waals surface area contributed by atoms with Crippen molar-refractivity contribution in [1.82, 2.24) is 0 Å². The molecule has 0 atom stereocenters. The quantitative estimate of drug-likeness (QED) is 0.344. The van der Waals surface area contributed by atoms with E-state index < -0.39 is 0 Å². The zero-order chi connectivity index (χ0) is 18.0. The fourth-order valence-electron chi connectivity index (χ4n) is 2.14. The van der Waals surface area contributed by atoms with E-state index in [1.165, 1.54) is 24.3 Å². The average Bonchev–Trinajstić information content (AvgIpc) is 2.45. The number of rotatable bonds is 6. The molecule has 0 N–H and O–H groups in total. The van der Waals surface area contributed by atoms with Crippen LogP contribution in [0.3, 0.4) is 0 Å². The number of allylic oxidation sites excluding steroid dienone is 9. The second kappa shape index (κ2) is 10.0. The largest absolute Gasteiger partial charge is 0.466 e. The van der Waals surface area contributed by atoms with Crippen molar-refractivity contribution in [3.05, 3.63) is 58.7 Å². The van der Waals surface area contributed by atoms with Crippen LogP contribution in [0.2, 0.25) is 0 Å². The van der Waals surface area contributed by atoms with Crippen LogP contribution in [0.25, 0.3) is 0 Å². The van der Waals surface area contributed by atoms with Gasteiger partial charge in [-0.1, -0.05) is 69.2 Å². The summed E-state index contributed by atoms with van der Waals surface area (Å²) >= 11 is 0. The molecule has 0 saturated heterocycles. The SMILES string of the molecule is CC/C(C)=C(/C=C/C(C)=C/C=C/C(C)=C/C(=O)OC)C(C)(C)C. The van der Waals surface area contributed by atoms with Crippen molar-refractivity contribution in [1.29, 1.82) is 0 Å². The second-order valence-electron chi connectivity index (χ2n) is 6.81. The number of esters is 1. The summed E-state index contributed by atoms with van der Waals surface area (Å²) in [4.78, 5) is 11.1. The maximum absolute atomic E-state index is 11.1. The van der Waals surface area contributed by atoms with Crippen LogP contribution in [-0.2, 0) is 9.53 Å². The minimum atomic E-state index is -0.331. The van der Waals surface area contributed by atoms with Gasteiger partial charge in [-0.25, -0.2) is 4.79 Å². The van der Waals surface area contributed by atoms with E-state index >= 15 is 0 Å². The van der Waals surface area contributed by atoms with E-state index in [4.69, 9.17) is 0 Å². The monoisotopic (exact) mass is 316 g/mol. The number of methoxy groups -OCH3 is 1. The molecule has 0 fully saturated rings. The average molecular weight is 316 g/mol. The van der Waals surface area contributed by atoms with Crippen molar-refractivity contribution < 1.29 is 9.53 Å². The summed E-state index contributed by atoms with van der Waals surface area (Å²) in [5.74, 6) is -0.331. The summed E-state index contributed by atoms with van der Waals surface area (Å²) in [7, 11) is 1.38. The van der Waals surface area contributed by atoms with E-state index in [1.54, 1.807) is 0 Å². The normalized spacial score (nSPS) is 15.3. The molecule has 0 aliphatic heterocycles. The third kappa shape index (κ3) is 9.02. The molecule has 0 aromatic heterocycles. The maximum Gasteiger partial charge on any atom is 0.330 e. The molecule has 0 amide bonds. The van der Waals surface area contributed by atoms with E-state index in [2.05, 4.69) is 58.4 Å². The Labute approximate surface area is 142 Å². The van der Waals surface area contributed by atoms with Gasteiger partial charge in [-0.2, -0.15) is 0 Å². The van der Waals surface area contributed by atoms with Gasteiger partial charge in [0, 0.05) is 6.08 Å². The molecule has 0 aromatic rings. The summed E-state index contributed by atoms with van der Waals surface area (Å²) in [6.45, 7) is 15.1. The van der Waals surface area contributed by atoms with Crippen molar-refractivity contribution in [2.75, 3.05) is 7.11 Å². The van der Waals surface area contributed by atoms with Crippen LogP contribution in [0, 0.1) is 5.41 Å². The number of carbonyl (C=O) groups excluding carboxylic acids is 1. The van der Waals surface area contributed by atoms with Gasteiger partial charge in [0.25, 0.3) is 0 Å². The zero-order valence-electron chi connectivity index (χ0n) is 16.0. The predicted octanol–water partition coefficient (Wildman–Crippen LogP) is 5.94. The molecule has 0 heterocycles. The Hall–Kier alpha value is -1.83. The molecule has 128 valence electrons. The van der Waals surface area contributed by atoms with Gasteiger partial charge >= 0.3 is 5.97 Å². The molecule has 0 bridgehead atoms. The molecular weight excluding hydrogens is 284 g/mol. The summed E-state index contributed by atoms with van der Waals surface area (Å²) in [5.41, 5.74) is 4.99. The van der Waals surface area contributed by atoms with E-state index in [0.717, 1.165) is 17.6 Å². The highest BCUT2D eigenvalue weighted by atomic mass is 16.5. The molecular formula is C21H32O2. The second-order valence-corrected chi connectivity index (χ2v) is 6.81.